The summed E-state index contributed by atoms with van der Waals surface area (Å²) in [6, 6.07) is 3.37. The minimum absolute atomic E-state index is 0.00588. The van der Waals surface area contributed by atoms with E-state index in [-0.39, 0.29) is 12.3 Å². The molecule has 0 atom stereocenters. The van der Waals surface area contributed by atoms with Crippen LogP contribution >= 0.6 is 0 Å². The topological polar surface area (TPSA) is 92.2 Å². The second-order valence-corrected chi connectivity index (χ2v) is 5.48. The summed E-state index contributed by atoms with van der Waals surface area (Å²) >= 11 is 0. The third-order valence-electron chi connectivity index (χ3n) is 3.20. The predicted octanol–water partition coefficient (Wildman–Crippen LogP) is 2.00. The highest BCUT2D eigenvalue weighted by atomic mass is 16.4. The first-order valence-corrected chi connectivity index (χ1v) is 6.62. The molecule has 2 aromatic rings. The smallest absolute Gasteiger partial charge is 0.303 e. The van der Waals surface area contributed by atoms with Crippen LogP contribution in [0.3, 0.4) is 0 Å². The van der Waals surface area contributed by atoms with Gasteiger partial charge in [-0.15, -0.1) is 0 Å². The Morgan fingerprint density at radius 2 is 2.05 bits per heavy atom. The molecule has 0 aromatic carbocycles. The van der Waals surface area contributed by atoms with Crippen molar-refractivity contribution in [1.82, 2.24) is 15.3 Å². The molecule has 21 heavy (non-hydrogen) atoms. The number of amides is 1. The Morgan fingerprint density at radius 3 is 2.76 bits per heavy atom. The number of hydrogen-bond acceptors (Lipinski definition) is 4. The van der Waals surface area contributed by atoms with E-state index in [9.17, 15) is 9.59 Å². The third kappa shape index (κ3) is 3.75. The van der Waals surface area contributed by atoms with E-state index in [4.69, 9.17) is 5.11 Å². The standard InChI is InChI=1S/C15H17N3O3/c1-15(2,6-3-13(19)20)18-14(21)10-4-8-17-12-5-7-16-9-11(10)12/h4-5,7-9H,3,6H2,1-2H3,(H,18,21)(H,19,20). The van der Waals surface area contributed by atoms with Crippen LogP contribution < -0.4 is 5.32 Å². The molecule has 2 heterocycles. The summed E-state index contributed by atoms with van der Waals surface area (Å²) in [7, 11) is 0. The van der Waals surface area contributed by atoms with Gasteiger partial charge < -0.3 is 10.4 Å². The van der Waals surface area contributed by atoms with Gasteiger partial charge in [0.15, 0.2) is 0 Å². The minimum Gasteiger partial charge on any atom is -0.481 e. The van der Waals surface area contributed by atoms with E-state index in [1.54, 1.807) is 44.6 Å². The van der Waals surface area contributed by atoms with Crippen molar-refractivity contribution in [1.29, 1.82) is 0 Å². The van der Waals surface area contributed by atoms with Crippen LogP contribution in [0.2, 0.25) is 0 Å². The van der Waals surface area contributed by atoms with E-state index in [0.29, 0.717) is 22.9 Å². The summed E-state index contributed by atoms with van der Waals surface area (Å²) in [6.07, 6.45) is 5.15. The van der Waals surface area contributed by atoms with Crippen LogP contribution in [0.4, 0.5) is 0 Å². The average molecular weight is 287 g/mol. The molecule has 0 saturated heterocycles. The molecule has 6 heteroatoms. The Morgan fingerprint density at radius 1 is 1.29 bits per heavy atom. The Hall–Kier alpha value is -2.50. The van der Waals surface area contributed by atoms with Crippen LogP contribution in [-0.2, 0) is 4.79 Å². The number of carbonyl (C=O) groups excluding carboxylic acids is 1. The maximum absolute atomic E-state index is 12.4. The first-order valence-electron chi connectivity index (χ1n) is 6.62. The molecule has 2 aromatic heterocycles. The fourth-order valence-corrected chi connectivity index (χ4v) is 2.04. The highest BCUT2D eigenvalue weighted by Gasteiger charge is 2.23. The SMILES string of the molecule is CC(C)(CCC(=O)O)NC(=O)c1ccnc2ccncc12. The molecule has 0 aliphatic heterocycles. The number of carboxylic acid groups (broad SMARTS) is 1. The van der Waals surface area contributed by atoms with Gasteiger partial charge in [-0.2, -0.15) is 0 Å². The fourth-order valence-electron chi connectivity index (χ4n) is 2.04. The zero-order chi connectivity index (χ0) is 15.5. The van der Waals surface area contributed by atoms with Crippen LogP contribution in [0, 0.1) is 0 Å². The lowest BCUT2D eigenvalue weighted by molar-refractivity contribution is -0.137. The van der Waals surface area contributed by atoms with Gasteiger partial charge in [0.05, 0.1) is 11.1 Å². The molecule has 0 fully saturated rings. The van der Waals surface area contributed by atoms with Crippen LogP contribution in [0.1, 0.15) is 37.0 Å². The lowest BCUT2D eigenvalue weighted by Gasteiger charge is -2.25. The van der Waals surface area contributed by atoms with Crippen LogP contribution in [0.15, 0.2) is 30.7 Å². The molecule has 0 aliphatic rings. The number of aromatic nitrogens is 2. The number of aliphatic carboxylic acids is 1. The zero-order valence-electron chi connectivity index (χ0n) is 12.0. The Labute approximate surface area is 122 Å². The molecular weight excluding hydrogens is 270 g/mol. The van der Waals surface area contributed by atoms with Crippen molar-refractivity contribution in [3.05, 3.63) is 36.3 Å². The lowest BCUT2D eigenvalue weighted by Crippen LogP contribution is -2.43. The van der Waals surface area contributed by atoms with Crippen molar-refractivity contribution in [2.75, 3.05) is 0 Å². The van der Waals surface area contributed by atoms with Gasteiger partial charge in [-0.05, 0) is 32.4 Å². The van der Waals surface area contributed by atoms with E-state index < -0.39 is 11.5 Å². The van der Waals surface area contributed by atoms with Gasteiger partial charge >= 0.3 is 5.97 Å². The molecule has 0 bridgehead atoms. The molecular formula is C15H17N3O3. The second-order valence-electron chi connectivity index (χ2n) is 5.48. The van der Waals surface area contributed by atoms with E-state index in [0.717, 1.165) is 0 Å². The van der Waals surface area contributed by atoms with Crippen molar-refractivity contribution in [3.63, 3.8) is 0 Å². The van der Waals surface area contributed by atoms with Crippen molar-refractivity contribution in [2.45, 2.75) is 32.2 Å². The summed E-state index contributed by atoms with van der Waals surface area (Å²) < 4.78 is 0. The molecule has 0 saturated carbocycles. The molecule has 0 radical (unpaired) electrons. The lowest BCUT2D eigenvalue weighted by atomic mass is 9.97. The maximum atomic E-state index is 12.4. The summed E-state index contributed by atoms with van der Waals surface area (Å²) in [5, 5.41) is 12.3. The second kappa shape index (κ2) is 5.87. The maximum Gasteiger partial charge on any atom is 0.303 e. The highest BCUT2D eigenvalue weighted by Crippen LogP contribution is 2.17. The number of rotatable bonds is 5. The van der Waals surface area contributed by atoms with Crippen molar-refractivity contribution in [3.8, 4) is 0 Å². The largest absolute Gasteiger partial charge is 0.481 e. The molecule has 0 unspecified atom stereocenters. The molecule has 0 aliphatic carbocycles. The van der Waals surface area contributed by atoms with Gasteiger partial charge in [-0.3, -0.25) is 19.6 Å². The molecule has 2 N–H and O–H groups in total. The predicted molar refractivity (Wildman–Crippen MR) is 78.0 cm³/mol. The van der Waals surface area contributed by atoms with Crippen LogP contribution in [0.25, 0.3) is 10.9 Å². The fraction of sp³-hybridized carbons (Fsp3) is 0.333. The normalized spacial score (nSPS) is 11.3. The highest BCUT2D eigenvalue weighted by molar-refractivity contribution is 6.05. The number of carboxylic acids is 1. The van der Waals surface area contributed by atoms with Gasteiger partial charge in [0.1, 0.15) is 0 Å². The van der Waals surface area contributed by atoms with Crippen molar-refractivity contribution < 1.29 is 14.7 Å². The van der Waals surface area contributed by atoms with Gasteiger partial charge in [0.25, 0.3) is 5.91 Å². The van der Waals surface area contributed by atoms with Crippen molar-refractivity contribution >= 4 is 22.8 Å². The molecule has 1 amide bonds. The summed E-state index contributed by atoms with van der Waals surface area (Å²) in [5.41, 5.74) is 0.574. The summed E-state index contributed by atoms with van der Waals surface area (Å²) in [6.45, 7) is 3.60. The van der Waals surface area contributed by atoms with E-state index in [1.165, 1.54) is 0 Å². The Balaban J connectivity index is 2.21. The monoisotopic (exact) mass is 287 g/mol. The number of nitrogens with zero attached hydrogens (tertiary/aromatic N) is 2. The number of pyridine rings is 2. The Kier molecular flexibility index (Phi) is 4.16. The molecule has 6 nitrogen and oxygen atoms in total. The molecule has 110 valence electrons. The number of hydrogen-bond donors (Lipinski definition) is 2. The van der Waals surface area contributed by atoms with E-state index in [2.05, 4.69) is 15.3 Å². The van der Waals surface area contributed by atoms with E-state index >= 15 is 0 Å². The number of fused-ring (bicyclic) bond motifs is 1. The van der Waals surface area contributed by atoms with E-state index in [1.807, 2.05) is 0 Å². The summed E-state index contributed by atoms with van der Waals surface area (Å²) in [5.74, 6) is -1.14. The summed E-state index contributed by atoms with van der Waals surface area (Å²) in [4.78, 5) is 31.2. The average Bonchev–Trinajstić information content (AvgIpc) is 2.44. The van der Waals surface area contributed by atoms with Crippen LogP contribution in [0.5, 0.6) is 0 Å². The molecule has 2 rings (SSSR count). The first kappa shape index (κ1) is 14.9. The van der Waals surface area contributed by atoms with Crippen molar-refractivity contribution in [2.24, 2.45) is 0 Å². The van der Waals surface area contributed by atoms with Gasteiger partial charge in [0, 0.05) is 35.9 Å². The van der Waals surface area contributed by atoms with Gasteiger partial charge in [-0.1, -0.05) is 0 Å². The third-order valence-corrected chi connectivity index (χ3v) is 3.20. The number of carbonyl (C=O) groups is 2. The number of nitrogens with one attached hydrogen (secondary N) is 1. The molecule has 0 spiro atoms. The first-order chi connectivity index (χ1) is 9.89. The van der Waals surface area contributed by atoms with Gasteiger partial charge in [-0.25, -0.2) is 0 Å². The zero-order valence-corrected chi connectivity index (χ0v) is 12.0. The quantitative estimate of drug-likeness (QED) is 0.877. The minimum atomic E-state index is -0.879. The van der Waals surface area contributed by atoms with Gasteiger partial charge in [0.2, 0.25) is 0 Å². The van der Waals surface area contributed by atoms with Crippen LogP contribution in [-0.4, -0.2) is 32.5 Å². The Bertz CT molecular complexity index is 677.